The molecule has 4 aromatic rings. The first-order chi connectivity index (χ1) is 16.4. The minimum Gasteiger partial charge on any atom is -0.507 e. The number of aliphatic hydroxyl groups excluding tert-OH is 1. The van der Waals surface area contributed by atoms with Gasteiger partial charge >= 0.3 is 5.91 Å². The number of ketones is 1. The van der Waals surface area contributed by atoms with Gasteiger partial charge in [-0.15, -0.1) is 11.3 Å². The van der Waals surface area contributed by atoms with Crippen LogP contribution in [0.1, 0.15) is 23.4 Å². The molecule has 6 nitrogen and oxygen atoms in total. The number of ether oxygens (including phenoxy) is 1. The van der Waals surface area contributed by atoms with Crippen LogP contribution >= 0.6 is 45.9 Å². The molecule has 34 heavy (non-hydrogen) atoms. The molecule has 1 fully saturated rings. The van der Waals surface area contributed by atoms with Crippen molar-refractivity contribution >= 4 is 78.7 Å². The number of rotatable bonds is 5. The molecule has 1 atom stereocenters. The number of fused-ring (bicyclic) bond motifs is 1. The fourth-order valence-electron chi connectivity index (χ4n) is 3.82. The Morgan fingerprint density at radius 3 is 2.74 bits per heavy atom. The Hall–Kier alpha value is -2.91. The molecule has 0 radical (unpaired) electrons. The highest BCUT2D eigenvalue weighted by atomic mass is 35.5. The predicted molar refractivity (Wildman–Crippen MR) is 136 cm³/mol. The minimum atomic E-state index is -0.858. The van der Waals surface area contributed by atoms with Crippen molar-refractivity contribution in [2.24, 2.45) is 0 Å². The van der Waals surface area contributed by atoms with E-state index in [0.29, 0.717) is 32.9 Å². The van der Waals surface area contributed by atoms with Crippen molar-refractivity contribution in [2.75, 3.05) is 11.5 Å². The maximum absolute atomic E-state index is 13.3. The third-order valence-corrected chi connectivity index (χ3v) is 7.81. The van der Waals surface area contributed by atoms with Gasteiger partial charge in [-0.3, -0.25) is 14.5 Å². The number of thiophene rings is 1. The fraction of sp³-hybridized carbons (Fsp3) is 0.125. The molecule has 1 N–H and O–H groups in total. The zero-order valence-corrected chi connectivity index (χ0v) is 20.8. The summed E-state index contributed by atoms with van der Waals surface area (Å²) in [5, 5.41) is 14.3. The Balaban J connectivity index is 1.71. The van der Waals surface area contributed by atoms with E-state index in [-0.39, 0.29) is 21.9 Å². The quantitative estimate of drug-likeness (QED) is 0.176. The van der Waals surface area contributed by atoms with E-state index in [0.717, 1.165) is 4.70 Å². The third kappa shape index (κ3) is 3.86. The largest absolute Gasteiger partial charge is 0.507 e. The summed E-state index contributed by atoms with van der Waals surface area (Å²) in [4.78, 5) is 33.2. The lowest BCUT2D eigenvalue weighted by atomic mass is 9.99. The Morgan fingerprint density at radius 1 is 1.18 bits per heavy atom. The maximum Gasteiger partial charge on any atom is 0.301 e. The van der Waals surface area contributed by atoms with Crippen LogP contribution in [0.2, 0.25) is 10.0 Å². The van der Waals surface area contributed by atoms with E-state index in [9.17, 15) is 14.7 Å². The maximum atomic E-state index is 13.3. The van der Waals surface area contributed by atoms with Crippen molar-refractivity contribution < 1.29 is 19.4 Å². The number of aliphatic hydroxyl groups is 1. The van der Waals surface area contributed by atoms with Gasteiger partial charge in [0, 0.05) is 15.5 Å². The molecule has 0 aliphatic carbocycles. The first-order valence-electron chi connectivity index (χ1n) is 10.2. The molecule has 0 spiro atoms. The predicted octanol–water partition coefficient (Wildman–Crippen LogP) is 6.69. The first-order valence-corrected chi connectivity index (χ1v) is 12.7. The molecule has 1 saturated heterocycles. The Labute approximate surface area is 212 Å². The minimum absolute atomic E-state index is 0.0553. The zero-order chi connectivity index (χ0) is 24.0. The molecule has 10 heteroatoms. The third-order valence-electron chi connectivity index (χ3n) is 5.31. The van der Waals surface area contributed by atoms with Gasteiger partial charge in [0.1, 0.15) is 17.6 Å². The zero-order valence-electron chi connectivity index (χ0n) is 17.6. The van der Waals surface area contributed by atoms with Gasteiger partial charge in [0.2, 0.25) is 0 Å². The second kappa shape index (κ2) is 9.03. The van der Waals surface area contributed by atoms with Crippen LogP contribution in [0.3, 0.4) is 0 Å². The van der Waals surface area contributed by atoms with Crippen molar-refractivity contribution in [3.63, 3.8) is 0 Å². The van der Waals surface area contributed by atoms with Crippen LogP contribution < -0.4 is 9.64 Å². The number of amides is 1. The standard InChI is InChI=1S/C24H16Cl2N2O4S2/c1-2-32-13-6-7-15(26)14(11-13)21(29)19-20(17-4-3-9-33-17)28(23(31)22(19)30)24-27-16-8-5-12(25)10-18(16)34-24/h3-11,20,29H,2H2,1H3/b21-19+. The first kappa shape index (κ1) is 22.9. The number of aromatic nitrogens is 1. The van der Waals surface area contributed by atoms with E-state index < -0.39 is 17.7 Å². The van der Waals surface area contributed by atoms with E-state index in [2.05, 4.69) is 4.98 Å². The number of nitrogens with zero attached hydrogens (tertiary/aromatic N) is 2. The van der Waals surface area contributed by atoms with Gasteiger partial charge in [-0.1, -0.05) is 40.6 Å². The molecule has 1 amide bonds. The van der Waals surface area contributed by atoms with Crippen molar-refractivity contribution in [3.8, 4) is 5.75 Å². The second-order valence-electron chi connectivity index (χ2n) is 7.37. The molecule has 0 bridgehead atoms. The highest BCUT2D eigenvalue weighted by Gasteiger charge is 2.48. The molecule has 3 heterocycles. The highest BCUT2D eigenvalue weighted by Crippen LogP contribution is 2.46. The Morgan fingerprint density at radius 2 is 2.00 bits per heavy atom. The number of benzene rings is 2. The average molecular weight is 531 g/mol. The number of hydrogen-bond donors (Lipinski definition) is 1. The summed E-state index contributed by atoms with van der Waals surface area (Å²) in [5.41, 5.74) is 0.812. The second-order valence-corrected chi connectivity index (χ2v) is 10.2. The summed E-state index contributed by atoms with van der Waals surface area (Å²) >= 11 is 15.1. The topological polar surface area (TPSA) is 79.7 Å². The number of Topliss-reactive ketones (excluding diaryl/α,β-unsaturated/α-hetero) is 1. The van der Waals surface area contributed by atoms with Gasteiger partial charge in [0.15, 0.2) is 5.13 Å². The molecule has 1 aliphatic heterocycles. The van der Waals surface area contributed by atoms with Crippen LogP contribution in [-0.2, 0) is 9.59 Å². The van der Waals surface area contributed by atoms with Crippen LogP contribution in [0.25, 0.3) is 16.0 Å². The summed E-state index contributed by atoms with van der Waals surface area (Å²) < 4.78 is 6.30. The summed E-state index contributed by atoms with van der Waals surface area (Å²) in [6.07, 6.45) is 0. The van der Waals surface area contributed by atoms with Gasteiger partial charge in [-0.25, -0.2) is 4.98 Å². The molecule has 1 aliphatic rings. The van der Waals surface area contributed by atoms with Crippen molar-refractivity contribution in [1.82, 2.24) is 4.98 Å². The number of carbonyl (C=O) groups excluding carboxylic acids is 2. The lowest BCUT2D eigenvalue weighted by Gasteiger charge is -2.21. The van der Waals surface area contributed by atoms with Crippen LogP contribution in [-0.4, -0.2) is 28.4 Å². The Bertz CT molecular complexity index is 1460. The number of anilines is 1. The molecule has 2 aromatic heterocycles. The molecule has 0 saturated carbocycles. The number of thiazole rings is 1. The lowest BCUT2D eigenvalue weighted by Crippen LogP contribution is -2.28. The molecule has 172 valence electrons. The summed E-state index contributed by atoms with van der Waals surface area (Å²) in [6.45, 7) is 2.25. The highest BCUT2D eigenvalue weighted by molar-refractivity contribution is 7.22. The van der Waals surface area contributed by atoms with Crippen LogP contribution in [0.4, 0.5) is 5.13 Å². The van der Waals surface area contributed by atoms with E-state index in [4.69, 9.17) is 27.9 Å². The summed E-state index contributed by atoms with van der Waals surface area (Å²) in [6, 6.07) is 12.8. The normalized spacial score (nSPS) is 17.6. The van der Waals surface area contributed by atoms with Crippen LogP contribution in [0.15, 0.2) is 59.5 Å². The van der Waals surface area contributed by atoms with E-state index >= 15 is 0 Å². The van der Waals surface area contributed by atoms with Gasteiger partial charge in [0.25, 0.3) is 5.78 Å². The van der Waals surface area contributed by atoms with E-state index in [1.54, 1.807) is 36.4 Å². The van der Waals surface area contributed by atoms with Gasteiger partial charge < -0.3 is 9.84 Å². The molecule has 1 unspecified atom stereocenters. The van der Waals surface area contributed by atoms with E-state index in [1.807, 2.05) is 24.4 Å². The number of halogens is 2. The summed E-state index contributed by atoms with van der Waals surface area (Å²) in [7, 11) is 0. The Kier molecular flexibility index (Phi) is 6.07. The molecule has 2 aromatic carbocycles. The molecular weight excluding hydrogens is 515 g/mol. The molecule has 5 rings (SSSR count). The van der Waals surface area contributed by atoms with Crippen molar-refractivity contribution in [2.45, 2.75) is 13.0 Å². The number of carbonyl (C=O) groups is 2. The molecular formula is C24H16Cl2N2O4S2. The smallest absolute Gasteiger partial charge is 0.301 e. The fourth-order valence-corrected chi connectivity index (χ4v) is 6.12. The van der Waals surface area contributed by atoms with Gasteiger partial charge in [-0.05, 0) is 54.8 Å². The van der Waals surface area contributed by atoms with Crippen molar-refractivity contribution in [3.05, 3.63) is 80.0 Å². The van der Waals surface area contributed by atoms with Gasteiger partial charge in [-0.2, -0.15) is 0 Å². The summed E-state index contributed by atoms with van der Waals surface area (Å²) in [5.74, 6) is -1.47. The van der Waals surface area contributed by atoms with Crippen molar-refractivity contribution in [1.29, 1.82) is 0 Å². The lowest BCUT2D eigenvalue weighted by molar-refractivity contribution is -0.132. The van der Waals surface area contributed by atoms with Crippen LogP contribution in [0, 0.1) is 0 Å². The van der Waals surface area contributed by atoms with E-state index in [1.165, 1.54) is 27.6 Å². The number of hydrogen-bond acceptors (Lipinski definition) is 7. The monoisotopic (exact) mass is 530 g/mol. The SMILES string of the molecule is CCOc1ccc(Cl)c(/C(O)=C2\C(=O)C(=O)N(c3nc4ccc(Cl)cc4s3)C2c2cccs2)c1. The van der Waals surface area contributed by atoms with Gasteiger partial charge in [0.05, 0.1) is 27.4 Å². The van der Waals surface area contributed by atoms with Crippen LogP contribution in [0.5, 0.6) is 5.75 Å². The average Bonchev–Trinajstić information content (AvgIpc) is 3.53.